The average molecular weight is 327 g/mol. The van der Waals surface area contributed by atoms with Gasteiger partial charge in [-0.25, -0.2) is 9.69 Å². The van der Waals surface area contributed by atoms with Crippen molar-refractivity contribution in [2.75, 3.05) is 13.1 Å². The number of rotatable bonds is 3. The van der Waals surface area contributed by atoms with Gasteiger partial charge in [-0.15, -0.1) is 0 Å². The van der Waals surface area contributed by atoms with E-state index in [1.54, 1.807) is 9.80 Å². The maximum Gasteiger partial charge on any atom is 0.328 e. The van der Waals surface area contributed by atoms with Crippen molar-refractivity contribution in [2.24, 2.45) is 0 Å². The number of urea groups is 1. The highest BCUT2D eigenvalue weighted by Gasteiger charge is 2.56. The number of nitrogens with zero attached hydrogens (tertiary/aromatic N) is 3. The highest BCUT2D eigenvalue weighted by atomic mass is 16.2. The second-order valence-electron chi connectivity index (χ2n) is 6.64. The molecular formula is C18H21N3O3. The van der Waals surface area contributed by atoms with E-state index < -0.39 is 12.1 Å². The Morgan fingerprint density at radius 3 is 2.29 bits per heavy atom. The van der Waals surface area contributed by atoms with Gasteiger partial charge in [0, 0.05) is 13.1 Å². The van der Waals surface area contributed by atoms with E-state index >= 15 is 0 Å². The van der Waals surface area contributed by atoms with E-state index in [4.69, 9.17) is 0 Å². The number of imide groups is 1. The summed E-state index contributed by atoms with van der Waals surface area (Å²) in [5.74, 6) is -0.300. The van der Waals surface area contributed by atoms with Crippen molar-refractivity contribution in [3.8, 4) is 0 Å². The lowest BCUT2D eigenvalue weighted by atomic mass is 10.0. The quantitative estimate of drug-likeness (QED) is 0.795. The van der Waals surface area contributed by atoms with Crippen LogP contribution in [0, 0.1) is 0 Å². The van der Waals surface area contributed by atoms with E-state index in [2.05, 4.69) is 0 Å². The highest BCUT2D eigenvalue weighted by molar-refractivity contribution is 6.08. The number of benzene rings is 1. The third-order valence-electron chi connectivity index (χ3n) is 5.48. The number of likely N-dealkylation sites (N-methyl/N-ethyl adjacent to an activating group) is 1. The van der Waals surface area contributed by atoms with E-state index in [1.807, 2.05) is 37.3 Å². The maximum absolute atomic E-state index is 13.0. The van der Waals surface area contributed by atoms with Crippen LogP contribution >= 0.6 is 0 Å². The van der Waals surface area contributed by atoms with E-state index in [-0.39, 0.29) is 23.9 Å². The Kier molecular flexibility index (Phi) is 3.55. The highest BCUT2D eigenvalue weighted by Crippen LogP contribution is 2.42. The predicted molar refractivity (Wildman–Crippen MR) is 86.9 cm³/mol. The summed E-state index contributed by atoms with van der Waals surface area (Å²) in [5, 5.41) is 0. The molecule has 0 radical (unpaired) electrons. The summed E-state index contributed by atoms with van der Waals surface area (Å²) in [6.45, 7) is 3.15. The zero-order valence-electron chi connectivity index (χ0n) is 13.7. The Morgan fingerprint density at radius 2 is 1.62 bits per heavy atom. The lowest BCUT2D eigenvalue weighted by molar-refractivity contribution is -0.138. The number of likely N-dealkylation sites (tertiary alicyclic amines) is 1. The number of hydrogen-bond donors (Lipinski definition) is 0. The van der Waals surface area contributed by atoms with Gasteiger partial charge < -0.3 is 9.80 Å². The van der Waals surface area contributed by atoms with Crippen molar-refractivity contribution >= 4 is 17.8 Å². The number of carbonyl (C=O) groups is 3. The van der Waals surface area contributed by atoms with Crippen LogP contribution in [0.15, 0.2) is 30.3 Å². The Hall–Kier alpha value is -2.37. The largest absolute Gasteiger partial charge is 0.341 e. The number of hydrogen-bond acceptors (Lipinski definition) is 3. The summed E-state index contributed by atoms with van der Waals surface area (Å²) >= 11 is 0. The molecule has 0 spiro atoms. The van der Waals surface area contributed by atoms with Crippen molar-refractivity contribution in [1.82, 2.24) is 14.7 Å². The molecule has 3 fully saturated rings. The molecule has 0 unspecified atom stereocenters. The average Bonchev–Trinajstić information content (AvgIpc) is 3.25. The molecule has 1 aromatic carbocycles. The van der Waals surface area contributed by atoms with E-state index in [9.17, 15) is 14.4 Å². The fourth-order valence-electron chi connectivity index (χ4n) is 4.26. The molecular weight excluding hydrogens is 306 g/mol. The molecule has 3 saturated heterocycles. The lowest BCUT2D eigenvalue weighted by Gasteiger charge is -2.25. The van der Waals surface area contributed by atoms with Gasteiger partial charge in [-0.1, -0.05) is 30.3 Å². The normalized spacial score (nSPS) is 29.8. The molecule has 6 nitrogen and oxygen atoms in total. The summed E-state index contributed by atoms with van der Waals surface area (Å²) in [5.41, 5.74) is 1.05. The molecule has 0 bridgehead atoms. The van der Waals surface area contributed by atoms with Gasteiger partial charge in [-0.2, -0.15) is 0 Å². The summed E-state index contributed by atoms with van der Waals surface area (Å²) in [6.07, 6.45) is 2.00. The van der Waals surface area contributed by atoms with Gasteiger partial charge in [0.1, 0.15) is 12.1 Å². The van der Waals surface area contributed by atoms with Gasteiger partial charge in [0.15, 0.2) is 0 Å². The minimum Gasteiger partial charge on any atom is -0.341 e. The van der Waals surface area contributed by atoms with Crippen molar-refractivity contribution in [1.29, 1.82) is 0 Å². The zero-order chi connectivity index (χ0) is 16.8. The molecule has 3 heterocycles. The van der Waals surface area contributed by atoms with Crippen molar-refractivity contribution < 1.29 is 14.4 Å². The van der Waals surface area contributed by atoms with Crippen molar-refractivity contribution in [2.45, 2.75) is 44.3 Å². The second kappa shape index (κ2) is 5.61. The van der Waals surface area contributed by atoms with Gasteiger partial charge in [0.05, 0.1) is 6.04 Å². The molecule has 4 rings (SSSR count). The van der Waals surface area contributed by atoms with Crippen molar-refractivity contribution in [3.63, 3.8) is 0 Å². The van der Waals surface area contributed by atoms with Gasteiger partial charge >= 0.3 is 6.03 Å². The number of amides is 4. The molecule has 0 N–H and O–H groups in total. The van der Waals surface area contributed by atoms with Gasteiger partial charge in [0.2, 0.25) is 5.91 Å². The van der Waals surface area contributed by atoms with Crippen LogP contribution in [0.4, 0.5) is 4.79 Å². The Labute approximate surface area is 141 Å². The molecule has 126 valence electrons. The third kappa shape index (κ3) is 2.05. The Balaban J connectivity index is 1.62. The molecule has 6 heteroatoms. The zero-order valence-corrected chi connectivity index (χ0v) is 13.7. The van der Waals surface area contributed by atoms with Gasteiger partial charge in [-0.05, 0) is 31.7 Å². The molecule has 3 aliphatic heterocycles. The summed E-state index contributed by atoms with van der Waals surface area (Å²) in [6, 6.07) is 8.42. The number of carbonyl (C=O) groups excluding carboxylic acids is 3. The van der Waals surface area contributed by atoms with Crippen LogP contribution in [-0.2, 0) is 9.59 Å². The maximum atomic E-state index is 13.0. The van der Waals surface area contributed by atoms with Crippen LogP contribution in [0.1, 0.15) is 37.8 Å². The van der Waals surface area contributed by atoms with E-state index in [0.29, 0.717) is 25.9 Å². The first-order valence-corrected chi connectivity index (χ1v) is 8.62. The SMILES string of the molecule is CCN1CC[C@H](N2C(=O)[C@@H]3CC[C@@H](c4ccccc4)N3C2=O)C1=O. The molecule has 0 aliphatic carbocycles. The van der Waals surface area contributed by atoms with Crippen LogP contribution in [-0.4, -0.2) is 57.7 Å². The molecule has 0 saturated carbocycles. The van der Waals surface area contributed by atoms with Gasteiger partial charge in [-0.3, -0.25) is 9.59 Å². The van der Waals surface area contributed by atoms with Crippen LogP contribution in [0.3, 0.4) is 0 Å². The lowest BCUT2D eigenvalue weighted by Crippen LogP contribution is -2.46. The van der Waals surface area contributed by atoms with Gasteiger partial charge in [0.25, 0.3) is 5.91 Å². The Morgan fingerprint density at radius 1 is 0.917 bits per heavy atom. The molecule has 24 heavy (non-hydrogen) atoms. The third-order valence-corrected chi connectivity index (χ3v) is 5.48. The minimum absolute atomic E-state index is 0.0727. The van der Waals surface area contributed by atoms with Crippen LogP contribution in [0.25, 0.3) is 0 Å². The summed E-state index contributed by atoms with van der Waals surface area (Å²) in [4.78, 5) is 42.9. The summed E-state index contributed by atoms with van der Waals surface area (Å²) < 4.78 is 0. The number of fused-ring (bicyclic) bond motifs is 1. The standard InChI is InChI=1S/C18H21N3O3/c1-2-19-11-10-15(16(19)22)21-17(23)14-9-8-13(20(14)18(21)24)12-6-4-3-5-7-12/h3-7,13-15H,2,8-11H2,1H3/t13-,14-,15-/m0/s1. The Bertz CT molecular complexity index is 690. The monoisotopic (exact) mass is 327 g/mol. The van der Waals surface area contributed by atoms with E-state index in [0.717, 1.165) is 12.0 Å². The van der Waals surface area contributed by atoms with Crippen LogP contribution in [0.2, 0.25) is 0 Å². The van der Waals surface area contributed by atoms with E-state index in [1.165, 1.54) is 4.90 Å². The fourth-order valence-corrected chi connectivity index (χ4v) is 4.26. The first kappa shape index (κ1) is 15.2. The molecule has 0 aromatic heterocycles. The second-order valence-corrected chi connectivity index (χ2v) is 6.64. The first-order valence-electron chi connectivity index (χ1n) is 8.62. The molecule has 3 atom stereocenters. The minimum atomic E-state index is -0.619. The first-order chi connectivity index (χ1) is 11.6. The predicted octanol–water partition coefficient (Wildman–Crippen LogP) is 1.78. The molecule has 3 aliphatic rings. The molecule has 4 amide bonds. The van der Waals surface area contributed by atoms with Crippen LogP contribution in [0.5, 0.6) is 0 Å². The molecule has 1 aromatic rings. The van der Waals surface area contributed by atoms with Crippen LogP contribution < -0.4 is 0 Å². The fraction of sp³-hybridized carbons (Fsp3) is 0.500. The van der Waals surface area contributed by atoms with Crippen molar-refractivity contribution in [3.05, 3.63) is 35.9 Å². The summed E-state index contributed by atoms with van der Waals surface area (Å²) in [7, 11) is 0. The topological polar surface area (TPSA) is 60.9 Å². The smallest absolute Gasteiger partial charge is 0.328 e.